The molecule has 1 aromatic heterocycles. The van der Waals surface area contributed by atoms with Crippen molar-refractivity contribution in [2.45, 2.75) is 30.5 Å². The standard InChI is InChI=1S/C11H16N2OS2/c1-2-9-10(16-6-5-15-9)11-12-4-3-8(7-14)13-11/h3-4,9-10,14H,2,5-7H2,1H3. The van der Waals surface area contributed by atoms with Crippen molar-refractivity contribution in [3.05, 3.63) is 23.8 Å². The molecule has 2 unspecified atom stereocenters. The second kappa shape index (κ2) is 5.89. The highest BCUT2D eigenvalue weighted by molar-refractivity contribution is 8.06. The Kier molecular flexibility index (Phi) is 4.49. The summed E-state index contributed by atoms with van der Waals surface area (Å²) >= 11 is 3.96. The minimum absolute atomic E-state index is 0.00313. The maximum Gasteiger partial charge on any atom is 0.142 e. The summed E-state index contributed by atoms with van der Waals surface area (Å²) < 4.78 is 0. The van der Waals surface area contributed by atoms with E-state index < -0.39 is 0 Å². The van der Waals surface area contributed by atoms with Crippen LogP contribution in [0.2, 0.25) is 0 Å². The van der Waals surface area contributed by atoms with E-state index in [0.29, 0.717) is 10.5 Å². The van der Waals surface area contributed by atoms with Crippen LogP contribution >= 0.6 is 23.5 Å². The summed E-state index contributed by atoms with van der Waals surface area (Å²) in [5.41, 5.74) is 0.719. The fourth-order valence-corrected chi connectivity index (χ4v) is 4.78. The van der Waals surface area contributed by atoms with Crippen LogP contribution in [0.3, 0.4) is 0 Å². The molecule has 0 aliphatic carbocycles. The molecule has 0 bridgehead atoms. The van der Waals surface area contributed by atoms with Gasteiger partial charge >= 0.3 is 0 Å². The van der Waals surface area contributed by atoms with Gasteiger partial charge < -0.3 is 5.11 Å². The molecule has 1 aromatic rings. The molecule has 0 radical (unpaired) electrons. The van der Waals surface area contributed by atoms with E-state index in [4.69, 9.17) is 5.11 Å². The van der Waals surface area contributed by atoms with Gasteiger partial charge in [-0.1, -0.05) is 6.92 Å². The predicted octanol–water partition coefficient (Wildman–Crippen LogP) is 2.27. The first-order valence-electron chi connectivity index (χ1n) is 5.51. The average Bonchev–Trinajstić information content (AvgIpc) is 2.38. The molecule has 1 fully saturated rings. The Bertz CT molecular complexity index is 349. The molecule has 0 amide bonds. The molecular weight excluding hydrogens is 240 g/mol. The number of thioether (sulfide) groups is 2. The summed E-state index contributed by atoms with van der Waals surface area (Å²) in [5, 5.41) is 10.1. The van der Waals surface area contributed by atoms with E-state index in [9.17, 15) is 0 Å². The van der Waals surface area contributed by atoms with Crippen LogP contribution in [0.1, 0.15) is 30.1 Å². The van der Waals surface area contributed by atoms with Crippen molar-refractivity contribution in [2.75, 3.05) is 11.5 Å². The monoisotopic (exact) mass is 256 g/mol. The van der Waals surface area contributed by atoms with E-state index >= 15 is 0 Å². The third kappa shape index (κ3) is 2.70. The third-order valence-corrected chi connectivity index (χ3v) is 5.84. The van der Waals surface area contributed by atoms with Crippen molar-refractivity contribution in [3.63, 3.8) is 0 Å². The first-order chi connectivity index (χ1) is 7.85. The zero-order chi connectivity index (χ0) is 11.4. The third-order valence-electron chi connectivity index (χ3n) is 2.60. The summed E-state index contributed by atoms with van der Waals surface area (Å²) in [7, 11) is 0. The SMILES string of the molecule is CCC1SCCSC1c1nccc(CO)n1. The van der Waals surface area contributed by atoms with Crippen molar-refractivity contribution in [1.82, 2.24) is 9.97 Å². The summed E-state index contributed by atoms with van der Waals surface area (Å²) in [6, 6.07) is 1.77. The van der Waals surface area contributed by atoms with Crippen LogP contribution < -0.4 is 0 Å². The van der Waals surface area contributed by atoms with Crippen molar-refractivity contribution >= 4 is 23.5 Å². The fraction of sp³-hybridized carbons (Fsp3) is 0.636. The lowest BCUT2D eigenvalue weighted by atomic mass is 10.2. The van der Waals surface area contributed by atoms with Crippen LogP contribution in [0.5, 0.6) is 0 Å². The highest BCUT2D eigenvalue weighted by atomic mass is 32.2. The maximum atomic E-state index is 9.08. The predicted molar refractivity (Wildman–Crippen MR) is 69.7 cm³/mol. The second-order valence-electron chi connectivity index (χ2n) is 3.67. The van der Waals surface area contributed by atoms with E-state index in [1.165, 1.54) is 11.5 Å². The Morgan fingerprint density at radius 2 is 2.25 bits per heavy atom. The number of aromatic nitrogens is 2. The van der Waals surface area contributed by atoms with Gasteiger partial charge in [0.15, 0.2) is 0 Å². The zero-order valence-electron chi connectivity index (χ0n) is 9.30. The molecule has 0 saturated carbocycles. The molecule has 2 atom stereocenters. The van der Waals surface area contributed by atoms with E-state index in [-0.39, 0.29) is 6.61 Å². The number of hydrogen-bond acceptors (Lipinski definition) is 5. The number of rotatable bonds is 3. The van der Waals surface area contributed by atoms with Crippen molar-refractivity contribution in [2.24, 2.45) is 0 Å². The largest absolute Gasteiger partial charge is 0.390 e. The van der Waals surface area contributed by atoms with Gasteiger partial charge in [-0.25, -0.2) is 9.97 Å². The summed E-state index contributed by atoms with van der Waals surface area (Å²) in [4.78, 5) is 8.77. The van der Waals surface area contributed by atoms with Gasteiger partial charge in [0.1, 0.15) is 5.82 Å². The summed E-state index contributed by atoms with van der Waals surface area (Å²) in [6.45, 7) is 2.21. The fourth-order valence-electron chi connectivity index (χ4n) is 1.78. The maximum absolute atomic E-state index is 9.08. The van der Waals surface area contributed by atoms with Gasteiger partial charge in [0.2, 0.25) is 0 Å². The van der Waals surface area contributed by atoms with Gasteiger partial charge in [-0.2, -0.15) is 11.8 Å². The first-order valence-corrected chi connectivity index (χ1v) is 7.60. The van der Waals surface area contributed by atoms with Crippen LogP contribution in [-0.4, -0.2) is 31.8 Å². The molecule has 1 aliphatic rings. The van der Waals surface area contributed by atoms with Crippen LogP contribution in [0, 0.1) is 0 Å². The van der Waals surface area contributed by atoms with Gasteiger partial charge in [0.05, 0.1) is 17.6 Å². The summed E-state index contributed by atoms with van der Waals surface area (Å²) in [5.74, 6) is 3.27. The Morgan fingerprint density at radius 1 is 1.44 bits per heavy atom. The van der Waals surface area contributed by atoms with E-state index in [1.54, 1.807) is 12.3 Å². The lowest BCUT2D eigenvalue weighted by Gasteiger charge is -2.28. The zero-order valence-corrected chi connectivity index (χ0v) is 10.9. The topological polar surface area (TPSA) is 46.0 Å². The van der Waals surface area contributed by atoms with Crippen LogP contribution in [-0.2, 0) is 6.61 Å². The molecule has 1 saturated heterocycles. The summed E-state index contributed by atoms with van der Waals surface area (Å²) in [6.07, 6.45) is 2.90. The van der Waals surface area contributed by atoms with E-state index in [1.807, 2.05) is 23.5 Å². The Labute approximate surface area is 104 Å². The van der Waals surface area contributed by atoms with Gasteiger partial charge in [-0.05, 0) is 12.5 Å². The van der Waals surface area contributed by atoms with Crippen LogP contribution in [0.4, 0.5) is 0 Å². The molecule has 1 N–H and O–H groups in total. The molecule has 1 aliphatic heterocycles. The molecule has 0 aromatic carbocycles. The van der Waals surface area contributed by atoms with Crippen LogP contribution in [0.15, 0.2) is 12.3 Å². The Balaban J connectivity index is 2.20. The van der Waals surface area contributed by atoms with Gasteiger partial charge in [0, 0.05) is 23.0 Å². The van der Waals surface area contributed by atoms with Crippen molar-refractivity contribution in [3.8, 4) is 0 Å². The molecule has 88 valence electrons. The van der Waals surface area contributed by atoms with Gasteiger partial charge in [0.25, 0.3) is 0 Å². The lowest BCUT2D eigenvalue weighted by molar-refractivity contribution is 0.276. The lowest BCUT2D eigenvalue weighted by Crippen LogP contribution is -2.20. The molecule has 5 heteroatoms. The quantitative estimate of drug-likeness (QED) is 0.899. The highest BCUT2D eigenvalue weighted by Crippen LogP contribution is 2.42. The smallest absolute Gasteiger partial charge is 0.142 e. The Morgan fingerprint density at radius 3 is 3.00 bits per heavy atom. The number of hydrogen-bond donors (Lipinski definition) is 1. The molecule has 2 heterocycles. The van der Waals surface area contributed by atoms with Crippen molar-refractivity contribution < 1.29 is 5.11 Å². The number of aliphatic hydroxyl groups excluding tert-OH is 1. The van der Waals surface area contributed by atoms with E-state index in [2.05, 4.69) is 16.9 Å². The molecular formula is C11H16N2OS2. The van der Waals surface area contributed by atoms with E-state index in [0.717, 1.165) is 17.9 Å². The van der Waals surface area contributed by atoms with Gasteiger partial charge in [-0.15, -0.1) is 11.8 Å². The molecule has 2 rings (SSSR count). The molecule has 3 nitrogen and oxygen atoms in total. The minimum atomic E-state index is -0.00313. The number of aliphatic hydroxyl groups is 1. The highest BCUT2D eigenvalue weighted by Gasteiger charge is 2.28. The minimum Gasteiger partial charge on any atom is -0.390 e. The average molecular weight is 256 g/mol. The Hall–Kier alpha value is -0.260. The normalized spacial score (nSPS) is 25.6. The first kappa shape index (κ1) is 12.2. The molecule has 0 spiro atoms. The number of nitrogens with zero attached hydrogens (tertiary/aromatic N) is 2. The van der Waals surface area contributed by atoms with Crippen molar-refractivity contribution in [1.29, 1.82) is 0 Å². The van der Waals surface area contributed by atoms with Gasteiger partial charge in [-0.3, -0.25) is 0 Å². The second-order valence-corrected chi connectivity index (χ2v) is 6.27. The molecule has 16 heavy (non-hydrogen) atoms. The van der Waals surface area contributed by atoms with Crippen LogP contribution in [0.25, 0.3) is 0 Å².